The number of hydrogen-bond acceptors (Lipinski definition) is 3. The van der Waals surface area contributed by atoms with Crippen LogP contribution in [0.2, 0.25) is 0 Å². The van der Waals surface area contributed by atoms with Crippen molar-refractivity contribution in [3.05, 3.63) is 65.4 Å². The molecule has 2 N–H and O–H groups in total. The number of anilines is 1. The third kappa shape index (κ3) is 4.71. The van der Waals surface area contributed by atoms with Crippen LogP contribution in [-0.2, 0) is 9.59 Å². The summed E-state index contributed by atoms with van der Waals surface area (Å²) in [5.74, 6) is 0.0302. The second kappa shape index (κ2) is 7.97. The quantitative estimate of drug-likeness (QED) is 0.830. The summed E-state index contributed by atoms with van der Waals surface area (Å²) in [5.41, 5.74) is 2.60. The van der Waals surface area contributed by atoms with E-state index in [2.05, 4.69) is 10.6 Å². The van der Waals surface area contributed by atoms with Gasteiger partial charge in [-0.3, -0.25) is 9.59 Å². The number of benzene rings is 2. The maximum atomic E-state index is 12.5. The molecule has 0 bridgehead atoms. The van der Waals surface area contributed by atoms with E-state index in [1.807, 2.05) is 43.3 Å². The summed E-state index contributed by atoms with van der Waals surface area (Å²) in [7, 11) is 1.59. The molecular weight excluding hydrogens is 304 g/mol. The van der Waals surface area contributed by atoms with E-state index in [9.17, 15) is 9.59 Å². The lowest BCUT2D eigenvalue weighted by molar-refractivity contribution is -0.120. The van der Waals surface area contributed by atoms with Crippen molar-refractivity contribution in [2.45, 2.75) is 13.8 Å². The summed E-state index contributed by atoms with van der Waals surface area (Å²) in [5, 5.41) is 5.39. The SMILES string of the molecule is COc1ccc(C=C(NC(C)=O)C(=O)Nc2ccccc2C)cc1. The number of para-hydroxylation sites is 1. The molecular formula is C19H20N2O3. The van der Waals surface area contributed by atoms with E-state index in [1.54, 1.807) is 25.3 Å². The van der Waals surface area contributed by atoms with Gasteiger partial charge in [0.15, 0.2) is 0 Å². The number of hydrogen-bond donors (Lipinski definition) is 2. The Kier molecular flexibility index (Phi) is 5.73. The Morgan fingerprint density at radius 3 is 2.29 bits per heavy atom. The average molecular weight is 324 g/mol. The third-order valence-corrected chi connectivity index (χ3v) is 3.38. The molecule has 2 aromatic rings. The zero-order chi connectivity index (χ0) is 17.5. The van der Waals surface area contributed by atoms with Crippen LogP contribution in [0.15, 0.2) is 54.2 Å². The van der Waals surface area contributed by atoms with E-state index in [0.29, 0.717) is 5.69 Å². The van der Waals surface area contributed by atoms with Crippen LogP contribution >= 0.6 is 0 Å². The minimum absolute atomic E-state index is 0.177. The lowest BCUT2D eigenvalue weighted by atomic mass is 10.1. The molecule has 0 saturated heterocycles. The summed E-state index contributed by atoms with van der Waals surface area (Å²) >= 11 is 0. The lowest BCUT2D eigenvalue weighted by Gasteiger charge is -2.11. The van der Waals surface area contributed by atoms with Crippen LogP contribution in [0.5, 0.6) is 5.75 Å². The van der Waals surface area contributed by atoms with Gasteiger partial charge in [0.2, 0.25) is 5.91 Å². The highest BCUT2D eigenvalue weighted by Crippen LogP contribution is 2.16. The maximum Gasteiger partial charge on any atom is 0.272 e. The molecule has 0 radical (unpaired) electrons. The predicted molar refractivity (Wildman–Crippen MR) is 94.6 cm³/mol. The number of ether oxygens (including phenoxy) is 1. The van der Waals surface area contributed by atoms with E-state index in [-0.39, 0.29) is 17.5 Å². The Morgan fingerprint density at radius 1 is 1.04 bits per heavy atom. The van der Waals surface area contributed by atoms with Gasteiger partial charge in [0.25, 0.3) is 5.91 Å². The largest absolute Gasteiger partial charge is 0.497 e. The molecule has 0 aliphatic rings. The molecule has 0 saturated carbocycles. The molecule has 0 aliphatic heterocycles. The predicted octanol–water partition coefficient (Wildman–Crippen LogP) is 3.12. The Morgan fingerprint density at radius 2 is 1.71 bits per heavy atom. The molecule has 2 rings (SSSR count). The number of amides is 2. The van der Waals surface area contributed by atoms with Crippen molar-refractivity contribution in [1.82, 2.24) is 5.32 Å². The zero-order valence-corrected chi connectivity index (χ0v) is 13.9. The summed E-state index contributed by atoms with van der Waals surface area (Å²) in [6, 6.07) is 14.6. The van der Waals surface area contributed by atoms with Crippen molar-refractivity contribution >= 4 is 23.6 Å². The molecule has 0 spiro atoms. The summed E-state index contributed by atoms with van der Waals surface area (Å²) in [6.45, 7) is 3.27. The number of nitrogens with one attached hydrogen (secondary N) is 2. The van der Waals surface area contributed by atoms with Crippen molar-refractivity contribution < 1.29 is 14.3 Å². The minimum atomic E-state index is -0.379. The molecule has 5 nitrogen and oxygen atoms in total. The fraction of sp³-hybridized carbons (Fsp3) is 0.158. The van der Waals surface area contributed by atoms with Crippen LogP contribution in [0.3, 0.4) is 0 Å². The van der Waals surface area contributed by atoms with Crippen LogP contribution in [0.4, 0.5) is 5.69 Å². The van der Waals surface area contributed by atoms with E-state index >= 15 is 0 Å². The first-order chi connectivity index (χ1) is 11.5. The first-order valence-electron chi connectivity index (χ1n) is 7.50. The number of carbonyl (C=O) groups is 2. The minimum Gasteiger partial charge on any atom is -0.497 e. The zero-order valence-electron chi connectivity index (χ0n) is 13.9. The highest BCUT2D eigenvalue weighted by atomic mass is 16.5. The van der Waals surface area contributed by atoms with Crippen LogP contribution in [0.25, 0.3) is 6.08 Å². The standard InChI is InChI=1S/C19H20N2O3/c1-13-6-4-5-7-17(13)21-19(23)18(20-14(2)22)12-15-8-10-16(24-3)11-9-15/h4-12H,1-3H3,(H,20,22)(H,21,23). The molecule has 5 heteroatoms. The van der Waals surface area contributed by atoms with Gasteiger partial charge in [-0.25, -0.2) is 0 Å². The van der Waals surface area contributed by atoms with Crippen molar-refractivity contribution in [1.29, 1.82) is 0 Å². The Bertz CT molecular complexity index is 764. The fourth-order valence-corrected chi connectivity index (χ4v) is 2.12. The molecule has 2 amide bonds. The summed E-state index contributed by atoms with van der Waals surface area (Å²) in [6.07, 6.45) is 1.62. The normalized spacial score (nSPS) is 10.9. The molecule has 124 valence electrons. The van der Waals surface area contributed by atoms with E-state index in [0.717, 1.165) is 16.9 Å². The molecule has 0 heterocycles. The van der Waals surface area contributed by atoms with Crippen LogP contribution < -0.4 is 15.4 Å². The number of methoxy groups -OCH3 is 1. The number of aryl methyl sites for hydroxylation is 1. The van der Waals surface area contributed by atoms with Gasteiger partial charge in [-0.15, -0.1) is 0 Å². The van der Waals surface area contributed by atoms with Crippen LogP contribution in [0.1, 0.15) is 18.1 Å². The van der Waals surface area contributed by atoms with Gasteiger partial charge in [0, 0.05) is 12.6 Å². The first-order valence-corrected chi connectivity index (χ1v) is 7.50. The van der Waals surface area contributed by atoms with Gasteiger partial charge in [0.05, 0.1) is 7.11 Å². The van der Waals surface area contributed by atoms with Gasteiger partial charge >= 0.3 is 0 Å². The van der Waals surface area contributed by atoms with Crippen LogP contribution in [0, 0.1) is 6.92 Å². The van der Waals surface area contributed by atoms with Gasteiger partial charge in [-0.1, -0.05) is 30.3 Å². The topological polar surface area (TPSA) is 67.4 Å². The maximum absolute atomic E-state index is 12.5. The molecule has 24 heavy (non-hydrogen) atoms. The lowest BCUT2D eigenvalue weighted by Crippen LogP contribution is -2.29. The Labute approximate surface area is 141 Å². The van der Waals surface area contributed by atoms with Gasteiger partial charge in [-0.05, 0) is 42.3 Å². The molecule has 0 aromatic heterocycles. The molecule has 0 aliphatic carbocycles. The smallest absolute Gasteiger partial charge is 0.272 e. The van der Waals surface area contributed by atoms with E-state index in [1.165, 1.54) is 6.92 Å². The van der Waals surface area contributed by atoms with E-state index in [4.69, 9.17) is 4.74 Å². The van der Waals surface area contributed by atoms with Gasteiger partial charge in [0.1, 0.15) is 11.4 Å². The molecule has 0 atom stereocenters. The van der Waals surface area contributed by atoms with E-state index < -0.39 is 0 Å². The summed E-state index contributed by atoms with van der Waals surface area (Å²) in [4.78, 5) is 23.9. The van der Waals surface area contributed by atoms with Crippen LogP contribution in [-0.4, -0.2) is 18.9 Å². The second-order valence-electron chi connectivity index (χ2n) is 5.28. The first kappa shape index (κ1) is 17.3. The Hall–Kier alpha value is -3.08. The molecule has 0 unspecified atom stereocenters. The van der Waals surface area contributed by atoms with Crippen molar-refractivity contribution in [2.24, 2.45) is 0 Å². The third-order valence-electron chi connectivity index (χ3n) is 3.38. The average Bonchev–Trinajstić information content (AvgIpc) is 2.56. The Balaban J connectivity index is 2.26. The number of carbonyl (C=O) groups excluding carboxylic acids is 2. The second-order valence-corrected chi connectivity index (χ2v) is 5.28. The van der Waals surface area contributed by atoms with Gasteiger partial charge in [-0.2, -0.15) is 0 Å². The molecule has 2 aromatic carbocycles. The van der Waals surface area contributed by atoms with Gasteiger partial charge < -0.3 is 15.4 Å². The molecule has 0 fully saturated rings. The summed E-state index contributed by atoms with van der Waals surface area (Å²) < 4.78 is 5.11. The number of rotatable bonds is 5. The highest BCUT2D eigenvalue weighted by Gasteiger charge is 2.12. The van der Waals surface area contributed by atoms with Crippen molar-refractivity contribution in [2.75, 3.05) is 12.4 Å². The van der Waals surface area contributed by atoms with Crippen molar-refractivity contribution in [3.63, 3.8) is 0 Å². The fourth-order valence-electron chi connectivity index (χ4n) is 2.12. The van der Waals surface area contributed by atoms with Crippen molar-refractivity contribution in [3.8, 4) is 5.75 Å². The highest BCUT2D eigenvalue weighted by molar-refractivity contribution is 6.08. The monoisotopic (exact) mass is 324 g/mol.